The number of para-hydroxylation sites is 1. The fourth-order valence-corrected chi connectivity index (χ4v) is 1.32. The Morgan fingerprint density at radius 1 is 1.16 bits per heavy atom. The topological polar surface area (TPSA) is 83.2 Å². The molecule has 2 rings (SSSR count). The van der Waals surface area contributed by atoms with Crippen LogP contribution in [-0.2, 0) is 30.5 Å². The Balaban J connectivity index is 0.000000471. The molecule has 0 aliphatic heterocycles. The summed E-state index contributed by atoms with van der Waals surface area (Å²) in [6.45, 7) is 0. The molecule has 4 nitrogen and oxygen atoms in total. The van der Waals surface area contributed by atoms with Gasteiger partial charge in [0.1, 0.15) is 0 Å². The maximum Gasteiger partial charge on any atom is 2.00 e. The van der Waals surface area contributed by atoms with E-state index in [1.54, 1.807) is 0 Å². The van der Waals surface area contributed by atoms with Crippen LogP contribution in [0.15, 0.2) is 48.5 Å². The number of nitrogen functional groups attached to an aromatic ring is 1. The third-order valence-electron chi connectivity index (χ3n) is 1.98. The number of anilines is 1. The van der Waals surface area contributed by atoms with Gasteiger partial charge in [0.15, 0.2) is 0 Å². The Hall–Kier alpha value is -1.19. The predicted octanol–water partition coefficient (Wildman–Crippen LogP) is 1.89. The summed E-state index contributed by atoms with van der Waals surface area (Å²) < 4.78 is 27.2. The molecule has 0 radical (unpaired) electrons. The van der Waals surface area contributed by atoms with Crippen LogP contribution in [0.25, 0.3) is 11.1 Å². The van der Waals surface area contributed by atoms with Gasteiger partial charge in [0.25, 0.3) is 0 Å². The van der Waals surface area contributed by atoms with Crippen molar-refractivity contribution >= 4 is 15.8 Å². The molecule has 0 fully saturated rings. The van der Waals surface area contributed by atoms with Gasteiger partial charge in [-0.3, -0.25) is 0 Å². The summed E-state index contributed by atoms with van der Waals surface area (Å²) in [5.41, 5.74) is 8.83. The summed E-state index contributed by atoms with van der Waals surface area (Å²) in [7, 11) is -3.92. The van der Waals surface area contributed by atoms with Crippen LogP contribution in [0.2, 0.25) is 0 Å². The summed E-state index contributed by atoms with van der Waals surface area (Å²) in [5.74, 6) is 0. The van der Waals surface area contributed by atoms with Gasteiger partial charge in [-0.05, 0) is 6.07 Å². The molecule has 19 heavy (non-hydrogen) atoms. The molecule has 0 spiro atoms. The summed E-state index contributed by atoms with van der Waals surface area (Å²) >= 11 is 0. The van der Waals surface area contributed by atoms with E-state index >= 15 is 0 Å². The van der Waals surface area contributed by atoms with Crippen LogP contribution >= 0.6 is 0 Å². The average molecular weight is 370 g/mol. The summed E-state index contributed by atoms with van der Waals surface area (Å²) in [6.07, 6.45) is 0.604. The number of rotatable bonds is 1. The van der Waals surface area contributed by atoms with Crippen LogP contribution < -0.4 is 5.73 Å². The van der Waals surface area contributed by atoms with Gasteiger partial charge in [-0.2, -0.15) is 30.3 Å². The largest absolute Gasteiger partial charge is 2.00 e. The van der Waals surface area contributed by atoms with Crippen molar-refractivity contribution in [2.45, 2.75) is 0 Å². The predicted molar refractivity (Wildman–Crippen MR) is 70.7 cm³/mol. The Labute approximate surface area is 127 Å². The monoisotopic (exact) mass is 369 g/mol. The molecule has 0 aromatic heterocycles. The zero-order valence-electron chi connectivity index (χ0n) is 10.1. The first-order chi connectivity index (χ1) is 8.38. The van der Waals surface area contributed by atoms with E-state index in [4.69, 9.17) is 18.7 Å². The minimum Gasteiger partial charge on any atom is -0.748 e. The molecule has 2 N–H and O–H groups in total. The van der Waals surface area contributed by atoms with Crippen molar-refractivity contribution in [2.75, 3.05) is 12.0 Å². The molecule has 0 heterocycles. The van der Waals surface area contributed by atoms with Crippen LogP contribution in [0.5, 0.6) is 0 Å². The van der Waals surface area contributed by atoms with Gasteiger partial charge in [0, 0.05) is 11.9 Å². The van der Waals surface area contributed by atoms with E-state index in [0.29, 0.717) is 6.26 Å². The molecule has 2 aromatic rings. The van der Waals surface area contributed by atoms with Gasteiger partial charge >= 0.3 is 20.4 Å². The molecule has 0 saturated heterocycles. The van der Waals surface area contributed by atoms with Gasteiger partial charge in [-0.1, -0.05) is 23.8 Å². The Morgan fingerprint density at radius 2 is 1.74 bits per heavy atom. The molecule has 0 unspecified atom stereocenters. The second-order valence-corrected chi connectivity index (χ2v) is 4.99. The maximum absolute atomic E-state index is 9.08. The molecular formula is C13H13NO3PdS. The van der Waals surface area contributed by atoms with Gasteiger partial charge in [-0.25, -0.2) is 8.42 Å². The third-order valence-corrected chi connectivity index (χ3v) is 1.98. The fraction of sp³-hybridized carbons (Fsp3) is 0.0769. The van der Waals surface area contributed by atoms with Crippen LogP contribution in [0, 0.1) is 6.07 Å². The van der Waals surface area contributed by atoms with E-state index in [2.05, 4.69) is 6.07 Å². The van der Waals surface area contributed by atoms with Gasteiger partial charge in [-0.15, -0.1) is 5.56 Å². The molecule has 0 bridgehead atoms. The summed E-state index contributed by atoms with van der Waals surface area (Å²) in [6, 6.07) is 18.7. The normalized spacial score (nSPS) is 9.79. The SMILES string of the molecule is CS(=O)(=O)[O-].Nc1ccccc1-c1c[c-]ccc1.[Pd+2]. The minimum atomic E-state index is -3.92. The second-order valence-electron chi connectivity index (χ2n) is 3.58. The van der Waals surface area contributed by atoms with Crippen molar-refractivity contribution in [3.63, 3.8) is 0 Å². The first-order valence-electron chi connectivity index (χ1n) is 5.10. The number of hydrogen-bond donors (Lipinski definition) is 1. The third kappa shape index (κ3) is 7.75. The minimum absolute atomic E-state index is 0. The Bertz CT molecular complexity index is 592. The van der Waals surface area contributed by atoms with Crippen LogP contribution in [0.4, 0.5) is 5.69 Å². The van der Waals surface area contributed by atoms with Crippen LogP contribution in [0.3, 0.4) is 0 Å². The fourth-order valence-electron chi connectivity index (χ4n) is 1.32. The quantitative estimate of drug-likeness (QED) is 0.360. The summed E-state index contributed by atoms with van der Waals surface area (Å²) in [5, 5.41) is 0. The first-order valence-corrected chi connectivity index (χ1v) is 6.91. The Morgan fingerprint density at radius 3 is 2.21 bits per heavy atom. The number of benzene rings is 2. The smallest absolute Gasteiger partial charge is 0.748 e. The molecule has 2 aromatic carbocycles. The molecular weight excluding hydrogens is 357 g/mol. The van der Waals surface area contributed by atoms with Crippen molar-refractivity contribution in [1.82, 2.24) is 0 Å². The molecule has 0 saturated carbocycles. The summed E-state index contributed by atoms with van der Waals surface area (Å²) in [4.78, 5) is 0. The average Bonchev–Trinajstić information content (AvgIpc) is 2.29. The van der Waals surface area contributed by atoms with Gasteiger partial charge in [0.2, 0.25) is 0 Å². The number of hydrogen-bond acceptors (Lipinski definition) is 4. The molecule has 0 atom stereocenters. The second kappa shape index (κ2) is 8.08. The molecule has 6 heteroatoms. The maximum atomic E-state index is 9.08. The van der Waals surface area contributed by atoms with E-state index in [-0.39, 0.29) is 20.4 Å². The molecule has 0 aliphatic carbocycles. The van der Waals surface area contributed by atoms with Crippen molar-refractivity contribution < 1.29 is 33.4 Å². The van der Waals surface area contributed by atoms with Crippen molar-refractivity contribution in [3.05, 3.63) is 54.6 Å². The van der Waals surface area contributed by atoms with E-state index in [1.807, 2.05) is 48.5 Å². The molecule has 0 amide bonds. The van der Waals surface area contributed by atoms with Gasteiger partial charge in [0.05, 0.1) is 10.1 Å². The number of nitrogens with two attached hydrogens (primary N) is 1. The zero-order chi connectivity index (χ0) is 13.6. The van der Waals surface area contributed by atoms with E-state index in [0.717, 1.165) is 16.8 Å². The first kappa shape index (κ1) is 17.8. The standard InChI is InChI=1S/C12H10N.CH4O3S.Pd/c13-12-9-5-4-8-11(12)10-6-2-1-3-7-10;1-5(2,3)4;/h1-2,4-9H,13H2;1H3,(H,2,3,4);/q-1;;+2/p-1. The van der Waals surface area contributed by atoms with E-state index in [9.17, 15) is 0 Å². The molecule has 0 aliphatic rings. The van der Waals surface area contributed by atoms with Crippen LogP contribution in [-0.4, -0.2) is 19.2 Å². The van der Waals surface area contributed by atoms with Gasteiger partial charge < -0.3 is 10.3 Å². The van der Waals surface area contributed by atoms with E-state index < -0.39 is 10.1 Å². The van der Waals surface area contributed by atoms with Crippen molar-refractivity contribution in [3.8, 4) is 11.1 Å². The van der Waals surface area contributed by atoms with Crippen molar-refractivity contribution in [1.29, 1.82) is 0 Å². The zero-order valence-corrected chi connectivity index (χ0v) is 12.5. The molecule has 104 valence electrons. The van der Waals surface area contributed by atoms with E-state index in [1.165, 1.54) is 0 Å². The Kier molecular flexibility index (Phi) is 7.57. The van der Waals surface area contributed by atoms with Crippen LogP contribution in [0.1, 0.15) is 0 Å². The van der Waals surface area contributed by atoms with Crippen molar-refractivity contribution in [2.24, 2.45) is 0 Å².